The van der Waals surface area contributed by atoms with Gasteiger partial charge in [0.2, 0.25) is 0 Å². The van der Waals surface area contributed by atoms with E-state index in [1.165, 1.54) is 4.70 Å². The summed E-state index contributed by atoms with van der Waals surface area (Å²) in [5.74, 6) is 0.801. The van der Waals surface area contributed by atoms with Crippen molar-refractivity contribution < 1.29 is 4.79 Å². The first-order chi connectivity index (χ1) is 15.1. The van der Waals surface area contributed by atoms with Gasteiger partial charge >= 0.3 is 0 Å². The van der Waals surface area contributed by atoms with Crippen molar-refractivity contribution in [2.24, 2.45) is 4.99 Å². The van der Waals surface area contributed by atoms with Gasteiger partial charge in [-0.1, -0.05) is 35.6 Å². The minimum Gasteiger partial charge on any atom is -0.360 e. The second-order valence-electron chi connectivity index (χ2n) is 7.25. The number of carbonyl (C=O) groups is 1. The number of fused-ring (bicyclic) bond motifs is 1. The Bertz CT molecular complexity index is 997. The molecule has 2 aromatic carbocycles. The van der Waals surface area contributed by atoms with E-state index >= 15 is 0 Å². The topological polar surface area (TPSA) is 81.7 Å². The molecule has 8 heteroatoms. The normalized spacial score (nSPS) is 11.4. The molecule has 1 heterocycles. The van der Waals surface area contributed by atoms with Crippen LogP contribution in [0.5, 0.6) is 0 Å². The number of rotatable bonds is 9. The molecule has 0 aliphatic carbocycles. The average molecular weight is 439 g/mol. The zero-order valence-corrected chi connectivity index (χ0v) is 19.1. The lowest BCUT2D eigenvalue weighted by Gasteiger charge is -2.12. The van der Waals surface area contributed by atoms with Gasteiger partial charge in [-0.05, 0) is 43.2 Å². The van der Waals surface area contributed by atoms with Gasteiger partial charge in [0, 0.05) is 45.8 Å². The largest absolute Gasteiger partial charge is 0.360 e. The Morgan fingerprint density at radius 1 is 1.10 bits per heavy atom. The molecule has 0 saturated heterocycles. The number of hydrogen-bond acceptors (Lipinski definition) is 5. The number of aromatic nitrogens is 1. The van der Waals surface area contributed by atoms with Gasteiger partial charge in [-0.3, -0.25) is 9.79 Å². The third kappa shape index (κ3) is 6.68. The summed E-state index contributed by atoms with van der Waals surface area (Å²) < 4.78 is 1.18. The van der Waals surface area contributed by atoms with Crippen LogP contribution in [-0.2, 0) is 6.42 Å². The van der Waals surface area contributed by atoms with E-state index in [1.807, 2.05) is 49.4 Å². The molecule has 0 spiro atoms. The van der Waals surface area contributed by atoms with Gasteiger partial charge in [0.1, 0.15) is 0 Å². The highest BCUT2D eigenvalue weighted by molar-refractivity contribution is 7.22. The summed E-state index contributed by atoms with van der Waals surface area (Å²) in [7, 11) is 3.53. The fourth-order valence-corrected chi connectivity index (χ4v) is 3.95. The second-order valence-corrected chi connectivity index (χ2v) is 8.28. The lowest BCUT2D eigenvalue weighted by Crippen LogP contribution is -2.39. The maximum Gasteiger partial charge on any atom is 0.253 e. The smallest absolute Gasteiger partial charge is 0.253 e. The Labute approximate surface area is 187 Å². The molecule has 31 heavy (non-hydrogen) atoms. The van der Waals surface area contributed by atoms with Crippen LogP contribution in [0.3, 0.4) is 0 Å². The Balaban J connectivity index is 1.47. The van der Waals surface area contributed by atoms with Crippen LogP contribution >= 0.6 is 11.3 Å². The summed E-state index contributed by atoms with van der Waals surface area (Å²) in [5.41, 5.74) is 2.83. The van der Waals surface area contributed by atoms with Crippen molar-refractivity contribution in [3.05, 3.63) is 59.7 Å². The molecule has 0 fully saturated rings. The highest BCUT2D eigenvalue weighted by atomic mass is 32.1. The van der Waals surface area contributed by atoms with Crippen molar-refractivity contribution >= 4 is 38.6 Å². The van der Waals surface area contributed by atoms with Crippen molar-refractivity contribution in [3.63, 3.8) is 0 Å². The number of anilines is 1. The predicted molar refractivity (Wildman–Crippen MR) is 130 cm³/mol. The van der Waals surface area contributed by atoms with Gasteiger partial charge in [0.05, 0.1) is 10.2 Å². The highest BCUT2D eigenvalue weighted by Gasteiger charge is 2.08. The number of nitrogens with one attached hydrogen (secondary N) is 3. The summed E-state index contributed by atoms with van der Waals surface area (Å²) in [5, 5.41) is 10.9. The van der Waals surface area contributed by atoms with E-state index in [9.17, 15) is 4.79 Å². The SMILES string of the molecule is CCNC(=NCCc1cccc(C(=O)N(C)C)c1)NCCNc1nc2ccccc2s1. The first kappa shape index (κ1) is 22.6. The molecule has 0 bridgehead atoms. The molecule has 3 rings (SSSR count). The molecule has 0 atom stereocenters. The van der Waals surface area contributed by atoms with Crippen molar-refractivity contribution in [2.75, 3.05) is 45.6 Å². The first-order valence-electron chi connectivity index (χ1n) is 10.5. The minimum absolute atomic E-state index is 0.0148. The van der Waals surface area contributed by atoms with E-state index in [0.717, 1.165) is 48.2 Å². The average Bonchev–Trinajstić information content (AvgIpc) is 3.19. The Hall–Kier alpha value is -3.13. The summed E-state index contributed by atoms with van der Waals surface area (Å²) in [6.45, 7) is 4.96. The summed E-state index contributed by atoms with van der Waals surface area (Å²) in [6.07, 6.45) is 0.773. The van der Waals surface area contributed by atoms with Gasteiger partial charge in [-0.2, -0.15) is 0 Å². The number of amides is 1. The van der Waals surface area contributed by atoms with Crippen molar-refractivity contribution in [3.8, 4) is 0 Å². The van der Waals surface area contributed by atoms with Gasteiger partial charge in [0.25, 0.3) is 5.91 Å². The van der Waals surface area contributed by atoms with E-state index in [0.29, 0.717) is 12.1 Å². The Morgan fingerprint density at radius 3 is 2.71 bits per heavy atom. The van der Waals surface area contributed by atoms with Crippen LogP contribution in [0.25, 0.3) is 10.2 Å². The molecule has 7 nitrogen and oxygen atoms in total. The monoisotopic (exact) mass is 438 g/mol. The van der Waals surface area contributed by atoms with Crippen LogP contribution in [0.2, 0.25) is 0 Å². The summed E-state index contributed by atoms with van der Waals surface area (Å²) >= 11 is 1.66. The van der Waals surface area contributed by atoms with Gasteiger partial charge < -0.3 is 20.9 Å². The predicted octanol–water partition coefficient (Wildman–Crippen LogP) is 3.21. The van der Waals surface area contributed by atoms with Gasteiger partial charge in [0.15, 0.2) is 11.1 Å². The number of para-hydroxylation sites is 1. The van der Waals surface area contributed by atoms with E-state index in [4.69, 9.17) is 0 Å². The molecule has 0 unspecified atom stereocenters. The zero-order chi connectivity index (χ0) is 22.1. The van der Waals surface area contributed by atoms with Crippen LogP contribution in [-0.4, -0.2) is 62.0 Å². The minimum atomic E-state index is 0.0148. The third-order valence-electron chi connectivity index (χ3n) is 4.58. The number of thiazole rings is 1. The number of hydrogen-bond donors (Lipinski definition) is 3. The van der Waals surface area contributed by atoms with Gasteiger partial charge in [-0.15, -0.1) is 0 Å². The maximum absolute atomic E-state index is 12.1. The first-order valence-corrected chi connectivity index (χ1v) is 11.3. The van der Waals surface area contributed by atoms with E-state index in [-0.39, 0.29) is 5.91 Å². The molecule has 1 amide bonds. The van der Waals surface area contributed by atoms with Crippen molar-refractivity contribution in [1.82, 2.24) is 20.5 Å². The Kier molecular flexibility index (Phi) is 8.23. The van der Waals surface area contributed by atoms with Gasteiger partial charge in [-0.25, -0.2) is 4.98 Å². The van der Waals surface area contributed by atoms with Crippen LogP contribution < -0.4 is 16.0 Å². The fraction of sp³-hybridized carbons (Fsp3) is 0.348. The van der Waals surface area contributed by atoms with Crippen LogP contribution in [0.4, 0.5) is 5.13 Å². The molecule has 0 aliphatic rings. The number of guanidine groups is 1. The molecule has 3 aromatic rings. The highest BCUT2D eigenvalue weighted by Crippen LogP contribution is 2.24. The van der Waals surface area contributed by atoms with Crippen molar-refractivity contribution in [1.29, 1.82) is 0 Å². The molecular weight excluding hydrogens is 408 g/mol. The lowest BCUT2D eigenvalue weighted by atomic mass is 10.1. The number of benzene rings is 2. The van der Waals surface area contributed by atoms with E-state index < -0.39 is 0 Å². The van der Waals surface area contributed by atoms with Crippen LogP contribution in [0.15, 0.2) is 53.5 Å². The molecule has 3 N–H and O–H groups in total. The quantitative estimate of drug-likeness (QED) is 0.272. The number of nitrogens with zero attached hydrogens (tertiary/aromatic N) is 3. The summed E-state index contributed by atoms with van der Waals surface area (Å²) in [4.78, 5) is 23.0. The molecule has 0 saturated carbocycles. The second kappa shape index (κ2) is 11.3. The standard InChI is InChI=1S/C23H30N6OS/c1-4-24-22(25-13-12-17-8-7-9-18(16-17)21(30)29(2)3)26-14-15-27-23-28-19-10-5-6-11-20(19)31-23/h5-11,16H,4,12-15H2,1-3H3,(H,27,28)(H2,24,25,26). The molecule has 164 valence electrons. The fourth-order valence-electron chi connectivity index (χ4n) is 3.05. The van der Waals surface area contributed by atoms with E-state index in [2.05, 4.69) is 32.0 Å². The number of carbonyl (C=O) groups excluding carboxylic acids is 1. The zero-order valence-electron chi connectivity index (χ0n) is 18.3. The van der Waals surface area contributed by atoms with E-state index in [1.54, 1.807) is 30.3 Å². The maximum atomic E-state index is 12.1. The van der Waals surface area contributed by atoms with Crippen LogP contribution in [0.1, 0.15) is 22.8 Å². The van der Waals surface area contributed by atoms with Crippen molar-refractivity contribution in [2.45, 2.75) is 13.3 Å². The van der Waals surface area contributed by atoms with Crippen LogP contribution in [0, 0.1) is 0 Å². The lowest BCUT2D eigenvalue weighted by molar-refractivity contribution is 0.0827. The molecule has 1 aromatic heterocycles. The summed E-state index contributed by atoms with van der Waals surface area (Å²) in [6, 6.07) is 15.9. The number of aliphatic imine (C=N–C) groups is 1. The molecular formula is C23H30N6OS. The Morgan fingerprint density at radius 2 is 1.94 bits per heavy atom. The third-order valence-corrected chi connectivity index (χ3v) is 5.58. The molecule has 0 radical (unpaired) electrons. The molecule has 0 aliphatic heterocycles.